The van der Waals surface area contributed by atoms with Crippen LogP contribution in [-0.4, -0.2) is 26.7 Å². The van der Waals surface area contributed by atoms with E-state index in [0.29, 0.717) is 0 Å². The number of ether oxygens (including phenoxy) is 1. The molecule has 0 bridgehead atoms. The lowest BCUT2D eigenvalue weighted by molar-refractivity contribution is 0.412. The van der Waals surface area contributed by atoms with E-state index in [1.54, 1.807) is 7.11 Å². The fourth-order valence-corrected chi connectivity index (χ4v) is 2.04. The Morgan fingerprint density at radius 2 is 2.19 bits per heavy atom. The van der Waals surface area contributed by atoms with E-state index in [-0.39, 0.29) is 0 Å². The van der Waals surface area contributed by atoms with Crippen molar-refractivity contribution in [3.63, 3.8) is 0 Å². The maximum Gasteiger partial charge on any atom is 0.133 e. The van der Waals surface area contributed by atoms with Crippen LogP contribution in [0.1, 0.15) is 12.0 Å². The molecule has 1 rings (SSSR count). The van der Waals surface area contributed by atoms with Crippen molar-refractivity contribution in [2.75, 3.05) is 26.7 Å². The highest BCUT2D eigenvalue weighted by atomic mass is 79.9. The van der Waals surface area contributed by atoms with Gasteiger partial charge >= 0.3 is 0 Å². The van der Waals surface area contributed by atoms with E-state index in [4.69, 9.17) is 10.5 Å². The fraction of sp³-hybridized carbons (Fsp3) is 0.500. The van der Waals surface area contributed by atoms with Crippen LogP contribution >= 0.6 is 15.9 Å². The molecule has 0 saturated carbocycles. The number of hydrogen-bond donors (Lipinski definition) is 2. The molecule has 0 aliphatic carbocycles. The van der Waals surface area contributed by atoms with Gasteiger partial charge in [0.1, 0.15) is 5.75 Å². The van der Waals surface area contributed by atoms with Crippen molar-refractivity contribution in [1.29, 1.82) is 0 Å². The van der Waals surface area contributed by atoms with E-state index in [2.05, 4.69) is 33.4 Å². The predicted octanol–water partition coefficient (Wildman–Crippen LogP) is 1.94. The molecule has 0 atom stereocenters. The molecule has 0 saturated heterocycles. The second-order valence-electron chi connectivity index (χ2n) is 3.61. The summed E-state index contributed by atoms with van der Waals surface area (Å²) < 4.78 is 6.19. The second-order valence-corrected chi connectivity index (χ2v) is 4.47. The van der Waals surface area contributed by atoms with E-state index in [1.165, 1.54) is 5.56 Å². The standard InChI is InChI=1S/C12H19BrN2O/c1-16-12-4-3-10(9-11(12)13)5-8-15-7-2-6-14/h3-4,9,15H,2,5-8,14H2,1H3. The summed E-state index contributed by atoms with van der Waals surface area (Å²) in [7, 11) is 1.67. The number of hydrogen-bond acceptors (Lipinski definition) is 3. The summed E-state index contributed by atoms with van der Waals surface area (Å²) in [6.07, 6.45) is 2.06. The molecule has 1 aromatic rings. The molecule has 3 N–H and O–H groups in total. The van der Waals surface area contributed by atoms with Crippen LogP contribution in [0.4, 0.5) is 0 Å². The Kier molecular flexibility index (Phi) is 6.45. The molecule has 0 amide bonds. The molecule has 0 aliphatic heterocycles. The summed E-state index contributed by atoms with van der Waals surface area (Å²) >= 11 is 3.48. The van der Waals surface area contributed by atoms with Crippen LogP contribution in [0.25, 0.3) is 0 Å². The van der Waals surface area contributed by atoms with Crippen LogP contribution in [0.15, 0.2) is 22.7 Å². The number of nitrogens with one attached hydrogen (secondary N) is 1. The van der Waals surface area contributed by atoms with E-state index in [1.807, 2.05) is 6.07 Å². The minimum Gasteiger partial charge on any atom is -0.496 e. The number of nitrogens with two attached hydrogens (primary N) is 1. The Bertz CT molecular complexity index is 318. The van der Waals surface area contributed by atoms with Gasteiger partial charge in [0.05, 0.1) is 11.6 Å². The van der Waals surface area contributed by atoms with Gasteiger partial charge in [-0.2, -0.15) is 0 Å². The zero-order valence-electron chi connectivity index (χ0n) is 9.63. The van der Waals surface area contributed by atoms with E-state index in [9.17, 15) is 0 Å². The first-order chi connectivity index (χ1) is 7.77. The summed E-state index contributed by atoms with van der Waals surface area (Å²) in [6, 6.07) is 6.18. The van der Waals surface area contributed by atoms with Gasteiger partial charge in [-0.25, -0.2) is 0 Å². The number of halogens is 1. The maximum atomic E-state index is 5.41. The van der Waals surface area contributed by atoms with Crippen molar-refractivity contribution >= 4 is 15.9 Å². The fourth-order valence-electron chi connectivity index (χ4n) is 1.45. The van der Waals surface area contributed by atoms with Gasteiger partial charge in [-0.1, -0.05) is 6.07 Å². The largest absolute Gasteiger partial charge is 0.496 e. The molecule has 4 heteroatoms. The van der Waals surface area contributed by atoms with Crippen LogP contribution in [-0.2, 0) is 6.42 Å². The first-order valence-corrected chi connectivity index (χ1v) is 6.30. The molecule has 1 aromatic carbocycles. The normalized spacial score (nSPS) is 10.4. The molecular formula is C12H19BrN2O. The van der Waals surface area contributed by atoms with Gasteiger partial charge in [0.15, 0.2) is 0 Å². The van der Waals surface area contributed by atoms with Crippen molar-refractivity contribution < 1.29 is 4.74 Å². The minimum absolute atomic E-state index is 0.751. The predicted molar refractivity (Wildman–Crippen MR) is 70.9 cm³/mol. The quantitative estimate of drug-likeness (QED) is 0.753. The van der Waals surface area contributed by atoms with Crippen molar-refractivity contribution in [2.24, 2.45) is 5.73 Å². The van der Waals surface area contributed by atoms with Crippen LogP contribution in [0.2, 0.25) is 0 Å². The van der Waals surface area contributed by atoms with Crippen molar-refractivity contribution in [3.05, 3.63) is 28.2 Å². The molecule has 16 heavy (non-hydrogen) atoms. The molecule has 0 aliphatic rings. The Hall–Kier alpha value is -0.580. The van der Waals surface area contributed by atoms with Gasteiger partial charge < -0.3 is 15.8 Å². The lowest BCUT2D eigenvalue weighted by Crippen LogP contribution is -2.20. The number of benzene rings is 1. The van der Waals surface area contributed by atoms with E-state index >= 15 is 0 Å². The van der Waals surface area contributed by atoms with E-state index < -0.39 is 0 Å². The third-order valence-electron chi connectivity index (χ3n) is 2.36. The van der Waals surface area contributed by atoms with Crippen LogP contribution in [0.5, 0.6) is 5.75 Å². The summed E-state index contributed by atoms with van der Waals surface area (Å²) in [5.41, 5.74) is 6.71. The Balaban J connectivity index is 2.34. The number of methoxy groups -OCH3 is 1. The molecule has 0 fully saturated rings. The lowest BCUT2D eigenvalue weighted by atomic mass is 10.1. The Morgan fingerprint density at radius 3 is 2.81 bits per heavy atom. The second kappa shape index (κ2) is 7.65. The molecule has 0 aromatic heterocycles. The van der Waals surface area contributed by atoms with Crippen LogP contribution in [0.3, 0.4) is 0 Å². The van der Waals surface area contributed by atoms with Gasteiger partial charge in [0.2, 0.25) is 0 Å². The smallest absolute Gasteiger partial charge is 0.133 e. The third-order valence-corrected chi connectivity index (χ3v) is 2.98. The van der Waals surface area contributed by atoms with Gasteiger partial charge in [-0.3, -0.25) is 0 Å². The topological polar surface area (TPSA) is 47.3 Å². The first-order valence-electron chi connectivity index (χ1n) is 5.51. The van der Waals surface area contributed by atoms with E-state index in [0.717, 1.165) is 42.7 Å². The molecule has 0 unspecified atom stereocenters. The van der Waals surface area contributed by atoms with Gasteiger partial charge in [0.25, 0.3) is 0 Å². The zero-order chi connectivity index (χ0) is 11.8. The molecule has 0 spiro atoms. The average molecular weight is 287 g/mol. The van der Waals surface area contributed by atoms with Crippen molar-refractivity contribution in [3.8, 4) is 5.75 Å². The maximum absolute atomic E-state index is 5.41. The minimum atomic E-state index is 0.751. The summed E-state index contributed by atoms with van der Waals surface area (Å²) in [4.78, 5) is 0. The van der Waals surface area contributed by atoms with Gasteiger partial charge in [-0.15, -0.1) is 0 Å². The van der Waals surface area contributed by atoms with Crippen molar-refractivity contribution in [2.45, 2.75) is 12.8 Å². The molecule has 0 radical (unpaired) electrons. The molecular weight excluding hydrogens is 268 g/mol. The van der Waals surface area contributed by atoms with Crippen LogP contribution in [0, 0.1) is 0 Å². The third kappa shape index (κ3) is 4.51. The summed E-state index contributed by atoms with van der Waals surface area (Å²) in [5.74, 6) is 0.875. The number of rotatable bonds is 7. The summed E-state index contributed by atoms with van der Waals surface area (Å²) in [5, 5.41) is 3.36. The molecule has 0 heterocycles. The Morgan fingerprint density at radius 1 is 1.38 bits per heavy atom. The lowest BCUT2D eigenvalue weighted by Gasteiger charge is -2.07. The highest BCUT2D eigenvalue weighted by molar-refractivity contribution is 9.10. The zero-order valence-corrected chi connectivity index (χ0v) is 11.2. The highest BCUT2D eigenvalue weighted by Crippen LogP contribution is 2.25. The Labute approximate surface area is 105 Å². The van der Waals surface area contributed by atoms with Crippen LogP contribution < -0.4 is 15.8 Å². The van der Waals surface area contributed by atoms with Gasteiger partial charge in [-0.05, 0) is 66.1 Å². The first kappa shape index (κ1) is 13.5. The average Bonchev–Trinajstić information content (AvgIpc) is 2.29. The molecule has 90 valence electrons. The van der Waals surface area contributed by atoms with Crippen molar-refractivity contribution in [1.82, 2.24) is 5.32 Å². The highest BCUT2D eigenvalue weighted by Gasteiger charge is 2.00. The SMILES string of the molecule is COc1ccc(CCNCCCN)cc1Br. The molecule has 3 nitrogen and oxygen atoms in total. The monoisotopic (exact) mass is 286 g/mol. The summed E-state index contributed by atoms with van der Waals surface area (Å²) in [6.45, 7) is 2.73. The van der Waals surface area contributed by atoms with Gasteiger partial charge in [0, 0.05) is 0 Å².